The van der Waals surface area contributed by atoms with Crippen molar-refractivity contribution in [3.05, 3.63) is 57.2 Å². The molecule has 0 aliphatic carbocycles. The Kier molecular flexibility index (Phi) is 2.73. The van der Waals surface area contributed by atoms with Gasteiger partial charge in [0.15, 0.2) is 27.1 Å². The maximum absolute atomic E-state index is 3.20. The molecule has 7 heteroatoms. The highest BCUT2D eigenvalue weighted by Gasteiger charge is 2.25. The Morgan fingerprint density at radius 3 is 1.83 bits per heavy atom. The number of hydrogen-bond acceptors (Lipinski definition) is 6. The zero-order chi connectivity index (χ0) is 12.5. The molecule has 6 nitrogen and oxygen atoms in total. The largest absolute Gasteiger partial charge is 0.509 e. The Morgan fingerprint density at radius 2 is 1.44 bits per heavy atom. The van der Waals surface area contributed by atoms with Gasteiger partial charge >= 0.3 is 0 Å². The molecule has 0 atom stereocenters. The van der Waals surface area contributed by atoms with Crippen LogP contribution in [0.5, 0.6) is 0 Å². The maximum Gasteiger partial charge on any atom is 0.195 e. The monoisotopic (exact) mass is 240 g/mol. The Labute approximate surface area is 109 Å². The van der Waals surface area contributed by atoms with Gasteiger partial charge in [0.25, 0.3) is 0 Å². The SMILES string of the molecule is CN1[C]N([B-](N2[C]NC=C2)N2[C]N(C)C=C2)C=C1. The molecular formula is C11H13BN6-. The average Bonchev–Trinajstić information content (AvgIpc) is 3.04. The highest BCUT2D eigenvalue weighted by atomic mass is 15.5. The van der Waals surface area contributed by atoms with Crippen LogP contribution in [0, 0.1) is 20.0 Å². The molecule has 3 heterocycles. The number of rotatable bonds is 3. The standard InChI is InChI=1S/C11H13BN6/c1-14-5-7-17(10-14)12(16-4-3-13-9-16)18-8-6-15(2)11-18/h3-8,13H,1-2H3/q-1. The van der Waals surface area contributed by atoms with Gasteiger partial charge in [-0.2, -0.15) is 0 Å². The van der Waals surface area contributed by atoms with Gasteiger partial charge in [-0.1, -0.05) is 0 Å². The van der Waals surface area contributed by atoms with E-state index in [-0.39, 0.29) is 7.12 Å². The molecule has 0 aromatic heterocycles. The zero-order valence-corrected chi connectivity index (χ0v) is 10.3. The molecule has 0 amide bonds. The smallest absolute Gasteiger partial charge is 0.195 e. The van der Waals surface area contributed by atoms with E-state index in [4.69, 9.17) is 0 Å². The Balaban J connectivity index is 1.77. The van der Waals surface area contributed by atoms with Gasteiger partial charge in [0.05, 0.1) is 0 Å². The lowest BCUT2D eigenvalue weighted by molar-refractivity contribution is 0.401. The molecule has 0 saturated heterocycles. The van der Waals surface area contributed by atoms with Crippen molar-refractivity contribution in [2.24, 2.45) is 0 Å². The van der Waals surface area contributed by atoms with Crippen LogP contribution in [0.15, 0.2) is 37.2 Å². The summed E-state index contributed by atoms with van der Waals surface area (Å²) in [6.07, 6.45) is 11.6. The van der Waals surface area contributed by atoms with E-state index < -0.39 is 0 Å². The summed E-state index contributed by atoms with van der Waals surface area (Å²) in [5.41, 5.74) is 0. The normalized spacial score (nSPS) is 22.1. The predicted molar refractivity (Wildman–Crippen MR) is 67.1 cm³/mol. The van der Waals surface area contributed by atoms with Crippen LogP contribution in [0.2, 0.25) is 0 Å². The second kappa shape index (κ2) is 4.40. The third-order valence-corrected chi connectivity index (χ3v) is 2.71. The summed E-state index contributed by atoms with van der Waals surface area (Å²) in [5, 5.41) is 2.93. The first kappa shape index (κ1) is 11.2. The fourth-order valence-corrected chi connectivity index (χ4v) is 1.90. The lowest BCUT2D eigenvalue weighted by Gasteiger charge is -2.50. The lowest BCUT2D eigenvalue weighted by Crippen LogP contribution is -2.55. The van der Waals surface area contributed by atoms with E-state index in [1.54, 1.807) is 0 Å². The van der Waals surface area contributed by atoms with Crippen molar-refractivity contribution in [2.45, 2.75) is 0 Å². The van der Waals surface area contributed by atoms with E-state index in [1.165, 1.54) is 0 Å². The minimum atomic E-state index is -0.112. The van der Waals surface area contributed by atoms with E-state index >= 15 is 0 Å². The molecule has 3 aliphatic heterocycles. The first-order chi connectivity index (χ1) is 8.74. The van der Waals surface area contributed by atoms with E-state index in [1.807, 2.05) is 75.5 Å². The van der Waals surface area contributed by atoms with Gasteiger partial charge in [0.1, 0.15) is 0 Å². The molecule has 0 fully saturated rings. The van der Waals surface area contributed by atoms with Crippen LogP contribution in [0.3, 0.4) is 0 Å². The van der Waals surface area contributed by atoms with Crippen molar-refractivity contribution in [3.8, 4) is 0 Å². The third kappa shape index (κ3) is 1.96. The molecule has 0 unspecified atom stereocenters. The van der Waals surface area contributed by atoms with Gasteiger partial charge in [-0.3, -0.25) is 0 Å². The molecule has 18 heavy (non-hydrogen) atoms. The molecule has 0 saturated carbocycles. The van der Waals surface area contributed by atoms with Gasteiger partial charge in [-0.05, 0) is 18.6 Å². The van der Waals surface area contributed by atoms with Crippen LogP contribution in [0.4, 0.5) is 0 Å². The second-order valence-corrected chi connectivity index (χ2v) is 4.16. The molecule has 0 aromatic carbocycles. The van der Waals surface area contributed by atoms with Crippen LogP contribution in [0.1, 0.15) is 0 Å². The number of hydrogen-bond donors (Lipinski definition) is 1. The molecule has 91 valence electrons. The van der Waals surface area contributed by atoms with Crippen LogP contribution in [0.25, 0.3) is 0 Å². The van der Waals surface area contributed by atoms with Crippen molar-refractivity contribution >= 4 is 7.12 Å². The van der Waals surface area contributed by atoms with E-state index in [0.29, 0.717) is 0 Å². The van der Waals surface area contributed by atoms with Crippen molar-refractivity contribution < 1.29 is 0 Å². The minimum absolute atomic E-state index is 0.112. The van der Waals surface area contributed by atoms with Crippen LogP contribution >= 0.6 is 0 Å². The average molecular weight is 240 g/mol. The Bertz CT molecular complexity index is 369. The predicted octanol–water partition coefficient (Wildman–Crippen LogP) is -0.226. The van der Waals surface area contributed by atoms with E-state index in [0.717, 1.165) is 0 Å². The van der Waals surface area contributed by atoms with E-state index in [9.17, 15) is 0 Å². The Hall–Kier alpha value is -1.92. The molecule has 0 spiro atoms. The van der Waals surface area contributed by atoms with Crippen molar-refractivity contribution in [3.63, 3.8) is 0 Å². The van der Waals surface area contributed by atoms with Gasteiger partial charge in [-0.15, -0.1) is 0 Å². The maximum atomic E-state index is 3.20. The molecule has 1 N–H and O–H groups in total. The van der Waals surface area contributed by atoms with Crippen LogP contribution < -0.4 is 5.32 Å². The topological polar surface area (TPSA) is 28.2 Å². The summed E-state index contributed by atoms with van der Waals surface area (Å²) in [6.45, 7) is 9.45. The summed E-state index contributed by atoms with van der Waals surface area (Å²) in [4.78, 5) is 9.60. The molecule has 0 aromatic rings. The number of nitrogens with zero attached hydrogens (tertiary/aromatic N) is 5. The van der Waals surface area contributed by atoms with Gasteiger partial charge in [0.2, 0.25) is 0 Å². The van der Waals surface area contributed by atoms with Crippen LogP contribution in [-0.2, 0) is 0 Å². The fourth-order valence-electron chi connectivity index (χ4n) is 1.90. The second-order valence-electron chi connectivity index (χ2n) is 4.16. The van der Waals surface area contributed by atoms with Gasteiger partial charge in [0, 0.05) is 32.7 Å². The fraction of sp³-hybridized carbons (Fsp3) is 0.182. The third-order valence-electron chi connectivity index (χ3n) is 2.71. The first-order valence-corrected chi connectivity index (χ1v) is 5.62. The molecule has 3 rings (SSSR count). The van der Waals surface area contributed by atoms with Gasteiger partial charge in [-0.25, -0.2) is 0 Å². The van der Waals surface area contributed by atoms with Crippen LogP contribution in [-0.4, -0.2) is 45.4 Å². The minimum Gasteiger partial charge on any atom is -0.509 e. The van der Waals surface area contributed by atoms with Crippen molar-refractivity contribution in [1.82, 2.24) is 29.5 Å². The van der Waals surface area contributed by atoms with Crippen molar-refractivity contribution in [2.75, 3.05) is 14.1 Å². The Morgan fingerprint density at radius 1 is 0.833 bits per heavy atom. The summed E-state index contributed by atoms with van der Waals surface area (Å²) in [5.74, 6) is 0. The van der Waals surface area contributed by atoms with E-state index in [2.05, 4.69) is 25.3 Å². The summed E-state index contributed by atoms with van der Waals surface area (Å²) in [6, 6.07) is 0. The lowest BCUT2D eigenvalue weighted by atomic mass is 9.86. The quantitative estimate of drug-likeness (QED) is 0.685. The highest BCUT2D eigenvalue weighted by Crippen LogP contribution is 2.22. The van der Waals surface area contributed by atoms with Crippen molar-refractivity contribution in [1.29, 1.82) is 0 Å². The first-order valence-electron chi connectivity index (χ1n) is 5.62. The molecular weight excluding hydrogens is 227 g/mol. The molecule has 3 aliphatic rings. The summed E-state index contributed by atoms with van der Waals surface area (Å²) >= 11 is 0. The molecule has 7 radical (unpaired) electrons. The highest BCUT2D eigenvalue weighted by molar-refractivity contribution is 6.51. The van der Waals surface area contributed by atoms with Gasteiger partial charge < -0.3 is 29.5 Å². The number of nitrogens with one attached hydrogen (secondary N) is 1. The molecule has 0 bridgehead atoms. The zero-order valence-electron chi connectivity index (χ0n) is 10.3. The summed E-state index contributed by atoms with van der Waals surface area (Å²) in [7, 11) is 3.77. The summed E-state index contributed by atoms with van der Waals surface area (Å²) < 4.78 is 0.